The molecule has 5 heteroatoms. The van der Waals surface area contributed by atoms with Crippen molar-refractivity contribution in [2.24, 2.45) is 0 Å². The van der Waals surface area contributed by atoms with Gasteiger partial charge in [0.15, 0.2) is 0 Å². The molecule has 0 spiro atoms. The summed E-state index contributed by atoms with van der Waals surface area (Å²) < 4.78 is 5.40. The fourth-order valence-corrected chi connectivity index (χ4v) is 3.03. The molecule has 1 aliphatic heterocycles. The number of hydrogen-bond acceptors (Lipinski definition) is 3. The van der Waals surface area contributed by atoms with Crippen molar-refractivity contribution in [1.82, 2.24) is 4.90 Å². The lowest BCUT2D eigenvalue weighted by Gasteiger charge is -2.34. The van der Waals surface area contributed by atoms with Crippen LogP contribution in [0.25, 0.3) is 0 Å². The van der Waals surface area contributed by atoms with Crippen LogP contribution >= 0.6 is 0 Å². The van der Waals surface area contributed by atoms with E-state index < -0.39 is 11.6 Å². The summed E-state index contributed by atoms with van der Waals surface area (Å²) in [5.41, 5.74) is 1.78. The average molecular weight is 319 g/mol. The van der Waals surface area contributed by atoms with Crippen LogP contribution in [0.15, 0.2) is 18.2 Å². The number of piperidine rings is 1. The summed E-state index contributed by atoms with van der Waals surface area (Å²) in [4.78, 5) is 25.1. The van der Waals surface area contributed by atoms with Crippen LogP contribution in [0, 0.1) is 6.92 Å². The summed E-state index contributed by atoms with van der Waals surface area (Å²) in [5.74, 6) is -0.608. The van der Waals surface area contributed by atoms with E-state index in [0.29, 0.717) is 18.7 Å². The zero-order valence-corrected chi connectivity index (χ0v) is 14.3. The monoisotopic (exact) mass is 319 g/mol. The predicted molar refractivity (Wildman–Crippen MR) is 87.9 cm³/mol. The lowest BCUT2D eigenvalue weighted by Crippen LogP contribution is -2.41. The number of amides is 1. The van der Waals surface area contributed by atoms with Crippen LogP contribution in [0.3, 0.4) is 0 Å². The predicted octanol–water partition coefficient (Wildman–Crippen LogP) is 3.81. The molecule has 0 atom stereocenters. The number of benzene rings is 1. The van der Waals surface area contributed by atoms with Gasteiger partial charge in [-0.25, -0.2) is 9.59 Å². The van der Waals surface area contributed by atoms with Gasteiger partial charge in [0.2, 0.25) is 0 Å². The van der Waals surface area contributed by atoms with Crippen molar-refractivity contribution in [3.05, 3.63) is 34.9 Å². The summed E-state index contributed by atoms with van der Waals surface area (Å²) in [6.07, 6.45) is 1.37. The topological polar surface area (TPSA) is 66.8 Å². The lowest BCUT2D eigenvalue weighted by molar-refractivity contribution is 0.0204. The Morgan fingerprint density at radius 3 is 2.35 bits per heavy atom. The molecule has 1 heterocycles. The lowest BCUT2D eigenvalue weighted by atomic mass is 9.85. The maximum absolute atomic E-state index is 12.1. The van der Waals surface area contributed by atoms with Gasteiger partial charge in [0, 0.05) is 13.1 Å². The molecule has 0 bridgehead atoms. The minimum atomic E-state index is -0.893. The van der Waals surface area contributed by atoms with Gasteiger partial charge in [-0.1, -0.05) is 12.1 Å². The van der Waals surface area contributed by atoms with Crippen molar-refractivity contribution in [2.45, 2.75) is 52.1 Å². The molecule has 1 saturated heterocycles. The number of carbonyl (C=O) groups excluding carboxylic acids is 1. The van der Waals surface area contributed by atoms with Crippen LogP contribution in [0.2, 0.25) is 0 Å². The Morgan fingerprint density at radius 1 is 1.22 bits per heavy atom. The van der Waals surface area contributed by atoms with Crippen LogP contribution in [0.1, 0.15) is 61.0 Å². The molecule has 1 amide bonds. The number of hydrogen-bond donors (Lipinski definition) is 1. The number of nitrogens with zero attached hydrogens (tertiary/aromatic N) is 1. The number of ether oxygens (including phenoxy) is 1. The SMILES string of the molecule is Cc1c(C(=O)O)cccc1C1CCN(C(=O)OC(C)(C)C)CC1. The van der Waals surface area contributed by atoms with Crippen LogP contribution in [0.4, 0.5) is 4.79 Å². The van der Waals surface area contributed by atoms with E-state index in [9.17, 15) is 14.7 Å². The second kappa shape index (κ2) is 6.60. The minimum Gasteiger partial charge on any atom is -0.478 e. The number of carboxylic acid groups (broad SMARTS) is 1. The molecule has 1 fully saturated rings. The first kappa shape index (κ1) is 17.3. The summed E-state index contributed by atoms with van der Waals surface area (Å²) in [6.45, 7) is 8.71. The number of likely N-dealkylation sites (tertiary alicyclic amines) is 1. The Hall–Kier alpha value is -2.04. The van der Waals surface area contributed by atoms with E-state index in [-0.39, 0.29) is 12.0 Å². The Balaban J connectivity index is 2.04. The summed E-state index contributed by atoms with van der Waals surface area (Å²) in [5, 5.41) is 9.24. The summed E-state index contributed by atoms with van der Waals surface area (Å²) in [6, 6.07) is 5.43. The van der Waals surface area contributed by atoms with Crippen molar-refractivity contribution >= 4 is 12.1 Å². The standard InChI is InChI=1S/C18H25NO4/c1-12-14(6-5-7-15(12)16(20)21)13-8-10-19(11-9-13)17(22)23-18(2,3)4/h5-7,13H,8-11H2,1-4H3,(H,20,21). The van der Waals surface area contributed by atoms with E-state index in [4.69, 9.17) is 4.74 Å². The largest absolute Gasteiger partial charge is 0.478 e. The molecule has 0 aromatic heterocycles. The van der Waals surface area contributed by atoms with Crippen LogP contribution < -0.4 is 0 Å². The third-order valence-electron chi connectivity index (χ3n) is 4.19. The van der Waals surface area contributed by atoms with Gasteiger partial charge < -0.3 is 14.7 Å². The number of carboxylic acids is 1. The number of carbonyl (C=O) groups is 2. The van der Waals surface area contributed by atoms with Crippen LogP contribution in [0.5, 0.6) is 0 Å². The number of rotatable bonds is 2. The fourth-order valence-electron chi connectivity index (χ4n) is 3.03. The second-order valence-electron chi connectivity index (χ2n) is 7.07. The Morgan fingerprint density at radius 2 is 1.83 bits per heavy atom. The molecule has 0 unspecified atom stereocenters. The average Bonchev–Trinajstić information content (AvgIpc) is 2.45. The molecule has 1 aliphatic rings. The van der Waals surface area contributed by atoms with Crippen molar-refractivity contribution in [1.29, 1.82) is 0 Å². The van der Waals surface area contributed by atoms with Crippen molar-refractivity contribution in [3.63, 3.8) is 0 Å². The van der Waals surface area contributed by atoms with Gasteiger partial charge in [-0.05, 0) is 63.6 Å². The molecular formula is C18H25NO4. The summed E-state index contributed by atoms with van der Waals surface area (Å²) >= 11 is 0. The Kier molecular flexibility index (Phi) is 4.97. The molecular weight excluding hydrogens is 294 g/mol. The van der Waals surface area contributed by atoms with Gasteiger partial charge in [-0.2, -0.15) is 0 Å². The third-order valence-corrected chi connectivity index (χ3v) is 4.19. The third kappa shape index (κ3) is 4.24. The molecule has 1 aromatic carbocycles. The Bertz CT molecular complexity index is 596. The first-order valence-electron chi connectivity index (χ1n) is 8.00. The highest BCUT2D eigenvalue weighted by Gasteiger charge is 2.28. The van der Waals surface area contributed by atoms with Gasteiger partial charge in [0.25, 0.3) is 0 Å². The smallest absolute Gasteiger partial charge is 0.410 e. The van der Waals surface area contributed by atoms with E-state index >= 15 is 0 Å². The zero-order chi connectivity index (χ0) is 17.2. The highest BCUT2D eigenvalue weighted by molar-refractivity contribution is 5.89. The molecule has 0 aliphatic carbocycles. The van der Waals surface area contributed by atoms with E-state index in [0.717, 1.165) is 24.0 Å². The van der Waals surface area contributed by atoms with Gasteiger partial charge in [0.05, 0.1) is 5.56 Å². The number of aromatic carboxylic acids is 1. The normalized spacial score (nSPS) is 16.3. The van der Waals surface area contributed by atoms with Gasteiger partial charge >= 0.3 is 12.1 Å². The highest BCUT2D eigenvalue weighted by atomic mass is 16.6. The maximum Gasteiger partial charge on any atom is 0.410 e. The molecule has 2 rings (SSSR count). The minimum absolute atomic E-state index is 0.271. The highest BCUT2D eigenvalue weighted by Crippen LogP contribution is 2.32. The van der Waals surface area contributed by atoms with Crippen LogP contribution in [-0.2, 0) is 4.74 Å². The molecule has 126 valence electrons. The first-order valence-corrected chi connectivity index (χ1v) is 8.00. The maximum atomic E-state index is 12.1. The zero-order valence-electron chi connectivity index (χ0n) is 14.3. The molecule has 5 nitrogen and oxygen atoms in total. The summed E-state index contributed by atoms with van der Waals surface area (Å²) in [7, 11) is 0. The molecule has 0 saturated carbocycles. The van der Waals surface area contributed by atoms with E-state index in [1.54, 1.807) is 17.0 Å². The van der Waals surface area contributed by atoms with E-state index in [2.05, 4.69) is 0 Å². The fraction of sp³-hybridized carbons (Fsp3) is 0.556. The molecule has 23 heavy (non-hydrogen) atoms. The van der Waals surface area contributed by atoms with Gasteiger partial charge in [-0.3, -0.25) is 0 Å². The van der Waals surface area contributed by atoms with E-state index in [1.165, 1.54) is 0 Å². The Labute approximate surface area is 137 Å². The van der Waals surface area contributed by atoms with Gasteiger partial charge in [-0.15, -0.1) is 0 Å². The van der Waals surface area contributed by atoms with Crippen LogP contribution in [-0.4, -0.2) is 40.8 Å². The first-order chi connectivity index (χ1) is 10.7. The van der Waals surface area contributed by atoms with Crippen molar-refractivity contribution < 1.29 is 19.4 Å². The van der Waals surface area contributed by atoms with Gasteiger partial charge in [0.1, 0.15) is 5.60 Å². The van der Waals surface area contributed by atoms with E-state index in [1.807, 2.05) is 33.8 Å². The molecule has 0 radical (unpaired) electrons. The van der Waals surface area contributed by atoms with Crippen molar-refractivity contribution in [2.75, 3.05) is 13.1 Å². The second-order valence-corrected chi connectivity index (χ2v) is 7.07. The quantitative estimate of drug-likeness (QED) is 0.900. The molecule has 1 N–H and O–H groups in total. The van der Waals surface area contributed by atoms with Crippen molar-refractivity contribution in [3.8, 4) is 0 Å². The molecule has 1 aromatic rings.